The molecule has 1 aromatic heterocycles. The Morgan fingerprint density at radius 3 is 2.08 bits per heavy atom. The van der Waals surface area contributed by atoms with Crippen molar-refractivity contribution >= 4 is 29.9 Å². The van der Waals surface area contributed by atoms with Crippen LogP contribution in [0.3, 0.4) is 0 Å². The van der Waals surface area contributed by atoms with Gasteiger partial charge in [0.05, 0.1) is 5.57 Å². The average molecular weight is 659 g/mol. The van der Waals surface area contributed by atoms with Gasteiger partial charge in [-0.2, -0.15) is 0 Å². The van der Waals surface area contributed by atoms with E-state index in [0.29, 0.717) is 29.0 Å². The molecule has 0 saturated heterocycles. The van der Waals surface area contributed by atoms with E-state index in [2.05, 4.69) is 84.7 Å². The standard InChI is InChI=1S/C35H38O3.C9H16N2/c1-10-13-26(34(5,6)7)17-15-24-16-18-29-30(19-24)35(8,9)31-21-27(38-33(29)31)20-25(22-36)32(37)28(14-11-2)23(4)12-3;1-7(10)5-6-8(11)9(2,3)4/h10-22H,1-2H2,3-9H3;5-6,11H,1,10H2,2-4H3/b17-15-,23-12-,25-20-,26-13+,28-14+;6-5-,11-8?. The summed E-state index contributed by atoms with van der Waals surface area (Å²) in [5.41, 5.74) is 12.8. The molecule has 0 atom stereocenters. The van der Waals surface area contributed by atoms with Gasteiger partial charge < -0.3 is 15.6 Å². The van der Waals surface area contributed by atoms with E-state index < -0.39 is 0 Å². The molecule has 1 heterocycles. The lowest BCUT2D eigenvalue weighted by Crippen LogP contribution is -2.16. The van der Waals surface area contributed by atoms with E-state index in [9.17, 15) is 9.59 Å². The summed E-state index contributed by atoms with van der Waals surface area (Å²) in [5, 5.41) is 7.55. The Balaban J connectivity index is 0.000000650. The number of allylic oxidation sites excluding steroid dienone is 12. The molecule has 0 amide bonds. The van der Waals surface area contributed by atoms with Gasteiger partial charge in [0.15, 0.2) is 12.1 Å². The predicted octanol–water partition coefficient (Wildman–Crippen LogP) is 11.1. The van der Waals surface area contributed by atoms with Gasteiger partial charge in [-0.3, -0.25) is 9.59 Å². The zero-order valence-corrected chi connectivity index (χ0v) is 31.1. The lowest BCUT2D eigenvalue weighted by Gasteiger charge is -2.21. The maximum absolute atomic E-state index is 13.1. The highest BCUT2D eigenvalue weighted by atomic mass is 16.3. The molecule has 258 valence electrons. The van der Waals surface area contributed by atoms with E-state index in [4.69, 9.17) is 15.6 Å². The molecule has 5 heteroatoms. The molecule has 3 rings (SSSR count). The molecule has 1 aromatic carbocycles. The van der Waals surface area contributed by atoms with Gasteiger partial charge >= 0.3 is 0 Å². The normalized spacial score (nSPS) is 15.0. The first-order chi connectivity index (χ1) is 22.7. The Kier molecular flexibility index (Phi) is 13.4. The summed E-state index contributed by atoms with van der Waals surface area (Å²) in [4.78, 5) is 25.0. The molecule has 49 heavy (non-hydrogen) atoms. The third-order valence-electron chi connectivity index (χ3n) is 8.35. The molecule has 0 saturated carbocycles. The summed E-state index contributed by atoms with van der Waals surface area (Å²) in [6, 6.07) is 8.31. The largest absolute Gasteiger partial charge is 0.456 e. The number of Topliss-reactive ketones (excluding diaryl/α,β-unsaturated/α-hetero) is 1. The van der Waals surface area contributed by atoms with Crippen molar-refractivity contribution in [1.29, 1.82) is 5.41 Å². The Bertz CT molecular complexity index is 1810. The van der Waals surface area contributed by atoms with Crippen molar-refractivity contribution in [3.63, 3.8) is 0 Å². The second-order valence-electron chi connectivity index (χ2n) is 14.7. The van der Waals surface area contributed by atoms with E-state index in [1.165, 1.54) is 17.2 Å². The maximum atomic E-state index is 13.1. The number of hydrogen-bond acceptors (Lipinski definition) is 5. The number of nitrogens with one attached hydrogen (secondary N) is 1. The minimum atomic E-state index is -0.358. The molecule has 3 N–H and O–H groups in total. The van der Waals surface area contributed by atoms with Crippen molar-refractivity contribution in [3.05, 3.63) is 143 Å². The minimum Gasteiger partial charge on any atom is -0.456 e. The Labute approximate surface area is 294 Å². The van der Waals surface area contributed by atoms with Crippen molar-refractivity contribution in [2.45, 2.75) is 74.7 Å². The maximum Gasteiger partial charge on any atom is 0.196 e. The highest BCUT2D eigenvalue weighted by molar-refractivity contribution is 6.24. The number of ketones is 1. The number of furan rings is 1. The van der Waals surface area contributed by atoms with Gasteiger partial charge in [-0.05, 0) is 65.8 Å². The van der Waals surface area contributed by atoms with Crippen LogP contribution in [-0.4, -0.2) is 17.8 Å². The lowest BCUT2D eigenvalue weighted by atomic mass is 9.82. The zero-order chi connectivity index (χ0) is 37.3. The van der Waals surface area contributed by atoms with Crippen LogP contribution in [0.2, 0.25) is 0 Å². The number of carbonyl (C=O) groups excluding carboxylic acids is 2. The number of rotatable bonds is 11. The van der Waals surface area contributed by atoms with Crippen molar-refractivity contribution in [1.82, 2.24) is 0 Å². The van der Waals surface area contributed by atoms with E-state index in [-0.39, 0.29) is 27.6 Å². The molecule has 2 aromatic rings. The lowest BCUT2D eigenvalue weighted by molar-refractivity contribution is -0.114. The number of fused-ring (bicyclic) bond motifs is 3. The fourth-order valence-electron chi connectivity index (χ4n) is 5.10. The van der Waals surface area contributed by atoms with E-state index in [1.807, 2.05) is 58.9 Å². The molecular weight excluding hydrogens is 604 g/mol. The van der Waals surface area contributed by atoms with Gasteiger partial charge in [0.25, 0.3) is 0 Å². The van der Waals surface area contributed by atoms with Gasteiger partial charge in [0.1, 0.15) is 11.5 Å². The molecule has 0 radical (unpaired) electrons. The smallest absolute Gasteiger partial charge is 0.196 e. The fourth-order valence-corrected chi connectivity index (χ4v) is 5.10. The van der Waals surface area contributed by atoms with Crippen LogP contribution in [0.1, 0.15) is 91.7 Å². The number of aldehydes is 1. The van der Waals surface area contributed by atoms with Crippen LogP contribution in [0.25, 0.3) is 23.5 Å². The van der Waals surface area contributed by atoms with Crippen LogP contribution >= 0.6 is 0 Å². The summed E-state index contributed by atoms with van der Waals surface area (Å²) >= 11 is 0. The molecule has 1 aliphatic carbocycles. The quantitative estimate of drug-likeness (QED) is 0.0627. The Hall–Kier alpha value is -5.03. The second-order valence-corrected chi connectivity index (χ2v) is 14.7. The number of hydrogen-bond donors (Lipinski definition) is 2. The first-order valence-electron chi connectivity index (χ1n) is 16.4. The number of nitrogens with two attached hydrogens (primary N) is 1. The van der Waals surface area contributed by atoms with Gasteiger partial charge in [-0.25, -0.2) is 0 Å². The molecule has 0 aliphatic heterocycles. The van der Waals surface area contributed by atoms with Gasteiger partial charge in [0.2, 0.25) is 0 Å². The summed E-state index contributed by atoms with van der Waals surface area (Å²) in [7, 11) is 0. The van der Waals surface area contributed by atoms with Gasteiger partial charge in [-0.15, -0.1) is 0 Å². The fraction of sp³-hybridized carbons (Fsp3) is 0.295. The average Bonchev–Trinajstić information content (AvgIpc) is 3.54. The van der Waals surface area contributed by atoms with Crippen LogP contribution in [-0.2, 0) is 15.0 Å². The van der Waals surface area contributed by atoms with Crippen molar-refractivity contribution in [3.8, 4) is 11.3 Å². The van der Waals surface area contributed by atoms with E-state index in [1.54, 1.807) is 24.3 Å². The third-order valence-corrected chi connectivity index (χ3v) is 8.35. The molecule has 5 nitrogen and oxygen atoms in total. The van der Waals surface area contributed by atoms with Crippen LogP contribution in [0.4, 0.5) is 0 Å². The van der Waals surface area contributed by atoms with Crippen molar-refractivity contribution in [2.24, 2.45) is 16.6 Å². The molecule has 0 unspecified atom stereocenters. The molecule has 1 aliphatic rings. The van der Waals surface area contributed by atoms with E-state index >= 15 is 0 Å². The Morgan fingerprint density at radius 1 is 0.939 bits per heavy atom. The zero-order valence-electron chi connectivity index (χ0n) is 31.1. The predicted molar refractivity (Wildman–Crippen MR) is 209 cm³/mol. The Morgan fingerprint density at radius 2 is 1.57 bits per heavy atom. The molecule has 0 bridgehead atoms. The first-order valence-corrected chi connectivity index (χ1v) is 16.4. The molecule has 0 fully saturated rings. The molecular formula is C44H54N2O3. The highest BCUT2D eigenvalue weighted by Gasteiger charge is 2.39. The van der Waals surface area contributed by atoms with Crippen LogP contribution in [0.5, 0.6) is 0 Å². The number of benzene rings is 1. The topological polar surface area (TPSA) is 97.1 Å². The van der Waals surface area contributed by atoms with Gasteiger partial charge in [0, 0.05) is 38.9 Å². The van der Waals surface area contributed by atoms with Gasteiger partial charge in [-0.1, -0.05) is 136 Å². The molecule has 0 spiro atoms. The van der Waals surface area contributed by atoms with Crippen LogP contribution < -0.4 is 5.73 Å². The summed E-state index contributed by atoms with van der Waals surface area (Å²) < 4.78 is 6.23. The minimum absolute atomic E-state index is 0.0154. The monoisotopic (exact) mass is 658 g/mol. The summed E-state index contributed by atoms with van der Waals surface area (Å²) in [6.07, 6.45) is 18.6. The summed E-state index contributed by atoms with van der Waals surface area (Å²) in [5.74, 6) is 0.898. The SMILES string of the molecule is C=C(N)/C=C\C(=N)C(C)(C)C.C=C/C=C(C(=O)/C(C=O)=C\c1cc2c(o1)-c1ccc(/C=C\C(=C/C=C)C(C)(C)C)cc1C2(C)C)\C(C)=C/C. The van der Waals surface area contributed by atoms with Crippen molar-refractivity contribution < 1.29 is 14.0 Å². The third kappa shape index (κ3) is 10.2. The first kappa shape index (κ1) is 40.1. The van der Waals surface area contributed by atoms with Crippen molar-refractivity contribution in [2.75, 3.05) is 0 Å². The summed E-state index contributed by atoms with van der Waals surface area (Å²) in [6.45, 7) is 31.6. The van der Waals surface area contributed by atoms with Crippen LogP contribution in [0.15, 0.2) is 125 Å². The van der Waals surface area contributed by atoms with E-state index in [0.717, 1.165) is 28.0 Å². The second kappa shape index (κ2) is 16.4. The highest BCUT2D eigenvalue weighted by Crippen LogP contribution is 2.50. The number of carbonyl (C=O) groups is 2. The van der Waals surface area contributed by atoms with Crippen LogP contribution in [0, 0.1) is 16.2 Å².